The zero-order valence-corrected chi connectivity index (χ0v) is 15.9. The van der Waals surface area contributed by atoms with Crippen LogP contribution in [-0.2, 0) is 14.8 Å². The molecule has 0 bridgehead atoms. The molecule has 0 unspecified atom stereocenters. The molecule has 1 saturated carbocycles. The van der Waals surface area contributed by atoms with E-state index in [9.17, 15) is 13.2 Å². The summed E-state index contributed by atoms with van der Waals surface area (Å²) in [4.78, 5) is 14.2. The third-order valence-corrected chi connectivity index (χ3v) is 7.99. The first-order valence-electron chi connectivity index (χ1n) is 8.81. The Morgan fingerprint density at radius 2 is 2.15 bits per heavy atom. The van der Waals surface area contributed by atoms with Crippen LogP contribution in [0.15, 0.2) is 32.4 Å². The molecule has 1 aliphatic heterocycles. The smallest absolute Gasteiger partial charge is 0.250 e. The van der Waals surface area contributed by atoms with E-state index in [0.717, 1.165) is 24.2 Å². The highest BCUT2D eigenvalue weighted by Crippen LogP contribution is 2.30. The van der Waals surface area contributed by atoms with E-state index in [1.807, 2.05) is 4.90 Å². The summed E-state index contributed by atoms with van der Waals surface area (Å²) in [5, 5.41) is 5.37. The Morgan fingerprint density at radius 3 is 2.88 bits per heavy atom. The van der Waals surface area contributed by atoms with Gasteiger partial charge < -0.3 is 9.42 Å². The van der Waals surface area contributed by atoms with Crippen LogP contribution in [0.25, 0.3) is 11.3 Å². The van der Waals surface area contributed by atoms with Crippen LogP contribution >= 0.6 is 11.3 Å². The minimum atomic E-state index is -3.60. The quantitative estimate of drug-likeness (QED) is 0.811. The van der Waals surface area contributed by atoms with E-state index in [1.54, 1.807) is 17.5 Å². The summed E-state index contributed by atoms with van der Waals surface area (Å²) in [7, 11) is -3.60. The number of sulfonamides is 1. The number of amides is 1. The zero-order valence-electron chi connectivity index (χ0n) is 14.3. The second-order valence-electron chi connectivity index (χ2n) is 6.94. The predicted octanol–water partition coefficient (Wildman–Crippen LogP) is 2.47. The van der Waals surface area contributed by atoms with Crippen LogP contribution in [0.2, 0.25) is 0 Å². The van der Waals surface area contributed by atoms with Crippen molar-refractivity contribution in [2.24, 2.45) is 5.92 Å². The predicted molar refractivity (Wildman–Crippen MR) is 97.1 cm³/mol. The Morgan fingerprint density at radius 1 is 1.35 bits per heavy atom. The van der Waals surface area contributed by atoms with Gasteiger partial charge in [0, 0.05) is 42.6 Å². The van der Waals surface area contributed by atoms with Crippen LogP contribution in [0.1, 0.15) is 32.1 Å². The molecule has 3 heterocycles. The maximum absolute atomic E-state index is 12.5. The highest BCUT2D eigenvalue weighted by Gasteiger charge is 2.35. The Balaban J connectivity index is 1.37. The molecule has 1 saturated heterocycles. The van der Waals surface area contributed by atoms with Gasteiger partial charge in [-0.25, -0.2) is 13.1 Å². The van der Waals surface area contributed by atoms with Crippen molar-refractivity contribution in [3.8, 4) is 11.3 Å². The van der Waals surface area contributed by atoms with Crippen molar-refractivity contribution in [1.82, 2.24) is 14.8 Å². The van der Waals surface area contributed by atoms with Crippen molar-refractivity contribution in [3.63, 3.8) is 0 Å². The van der Waals surface area contributed by atoms with Crippen molar-refractivity contribution in [1.29, 1.82) is 0 Å². The van der Waals surface area contributed by atoms with Gasteiger partial charge in [0.25, 0.3) is 0 Å². The van der Waals surface area contributed by atoms with Gasteiger partial charge >= 0.3 is 0 Å². The molecule has 9 heteroatoms. The molecule has 0 aromatic carbocycles. The summed E-state index contributed by atoms with van der Waals surface area (Å²) in [6.45, 7) is 0.937. The van der Waals surface area contributed by atoms with Gasteiger partial charge in [-0.05, 0) is 24.8 Å². The summed E-state index contributed by atoms with van der Waals surface area (Å²) in [6, 6.07) is 3.62. The fourth-order valence-corrected chi connectivity index (χ4v) is 6.09. The van der Waals surface area contributed by atoms with Crippen LogP contribution < -0.4 is 4.72 Å². The number of nitrogens with zero attached hydrogens (tertiary/aromatic N) is 2. The highest BCUT2D eigenvalue weighted by atomic mass is 32.2. The van der Waals surface area contributed by atoms with Crippen LogP contribution in [0.5, 0.6) is 0 Å². The third-order valence-electron chi connectivity index (χ3n) is 5.13. The van der Waals surface area contributed by atoms with E-state index in [0.29, 0.717) is 30.3 Å². The van der Waals surface area contributed by atoms with Gasteiger partial charge in [0.05, 0.1) is 6.20 Å². The van der Waals surface area contributed by atoms with Crippen molar-refractivity contribution in [2.45, 2.75) is 42.4 Å². The van der Waals surface area contributed by atoms with Gasteiger partial charge in [0.15, 0.2) is 5.76 Å². The molecule has 2 aliphatic rings. The second kappa shape index (κ2) is 7.13. The van der Waals surface area contributed by atoms with Gasteiger partial charge in [-0.3, -0.25) is 4.79 Å². The van der Waals surface area contributed by atoms with E-state index < -0.39 is 10.0 Å². The summed E-state index contributed by atoms with van der Waals surface area (Å²) in [5.41, 5.74) is 0.691. The topological polar surface area (TPSA) is 92.5 Å². The lowest BCUT2D eigenvalue weighted by Gasteiger charge is -2.24. The van der Waals surface area contributed by atoms with Gasteiger partial charge in [-0.15, -0.1) is 11.3 Å². The van der Waals surface area contributed by atoms with Crippen LogP contribution in [0.3, 0.4) is 0 Å². The molecule has 7 nitrogen and oxygen atoms in total. The van der Waals surface area contributed by atoms with Crippen molar-refractivity contribution in [3.05, 3.63) is 23.7 Å². The molecule has 140 valence electrons. The third kappa shape index (κ3) is 3.56. The molecule has 4 rings (SSSR count). The summed E-state index contributed by atoms with van der Waals surface area (Å²) in [5.74, 6) is 0.729. The van der Waals surface area contributed by atoms with Gasteiger partial charge in [0.1, 0.15) is 4.21 Å². The normalized spacial score (nSPS) is 21.8. The molecular weight excluding hydrogens is 374 g/mol. The van der Waals surface area contributed by atoms with E-state index in [-0.39, 0.29) is 22.6 Å². The number of rotatable bonds is 6. The number of carbonyl (C=O) groups excluding carboxylic acids is 1. The highest BCUT2D eigenvalue weighted by molar-refractivity contribution is 7.91. The van der Waals surface area contributed by atoms with Crippen molar-refractivity contribution < 1.29 is 17.7 Å². The number of likely N-dealkylation sites (tertiary alicyclic amines) is 1. The lowest BCUT2D eigenvalue weighted by molar-refractivity contribution is -0.129. The van der Waals surface area contributed by atoms with Crippen molar-refractivity contribution >= 4 is 27.3 Å². The number of hydrogen-bond acceptors (Lipinski definition) is 6. The number of carbonyl (C=O) groups is 1. The fourth-order valence-electron chi connectivity index (χ4n) is 3.76. The Kier molecular flexibility index (Phi) is 4.85. The average molecular weight is 396 g/mol. The second-order valence-corrected chi connectivity index (χ2v) is 9.84. The van der Waals surface area contributed by atoms with Crippen LogP contribution in [0, 0.1) is 5.92 Å². The molecular formula is C17H21N3O4S2. The summed E-state index contributed by atoms with van der Waals surface area (Å²) >= 11 is 1.14. The van der Waals surface area contributed by atoms with E-state index >= 15 is 0 Å². The number of nitrogens with one attached hydrogen (secondary N) is 1. The molecule has 1 atom stereocenters. The van der Waals surface area contributed by atoms with Crippen molar-refractivity contribution in [2.75, 3.05) is 13.1 Å². The maximum Gasteiger partial charge on any atom is 0.250 e. The molecule has 26 heavy (non-hydrogen) atoms. The zero-order chi connectivity index (χ0) is 18.1. The number of hydrogen-bond donors (Lipinski definition) is 1. The minimum Gasteiger partial charge on any atom is -0.356 e. The molecule has 2 aromatic rings. The van der Waals surface area contributed by atoms with E-state index in [1.165, 1.54) is 19.0 Å². The van der Waals surface area contributed by atoms with Crippen LogP contribution in [0.4, 0.5) is 0 Å². The first kappa shape index (κ1) is 17.7. The summed E-state index contributed by atoms with van der Waals surface area (Å²) < 4.78 is 33.1. The van der Waals surface area contributed by atoms with E-state index in [4.69, 9.17) is 4.52 Å². The van der Waals surface area contributed by atoms with Gasteiger partial charge in [-0.1, -0.05) is 18.0 Å². The molecule has 2 aromatic heterocycles. The maximum atomic E-state index is 12.5. The largest absolute Gasteiger partial charge is 0.356 e. The lowest BCUT2D eigenvalue weighted by Crippen LogP contribution is -2.35. The molecule has 1 N–H and O–H groups in total. The average Bonchev–Trinajstić information content (AvgIpc) is 3.38. The van der Waals surface area contributed by atoms with Gasteiger partial charge in [-0.2, -0.15) is 0 Å². The Labute approximate surface area is 156 Å². The molecule has 0 radical (unpaired) electrons. The SMILES string of the molecule is O=C1C[C@H](CNS(=O)(=O)c2cc(-c3ccno3)cs2)CN1C1CCCC1. The first-order chi connectivity index (χ1) is 12.5. The monoisotopic (exact) mass is 395 g/mol. The Hall–Kier alpha value is -1.71. The van der Waals surface area contributed by atoms with Gasteiger partial charge in [0.2, 0.25) is 15.9 Å². The fraction of sp³-hybridized carbons (Fsp3) is 0.529. The lowest BCUT2D eigenvalue weighted by atomic mass is 10.1. The first-order valence-corrected chi connectivity index (χ1v) is 11.2. The minimum absolute atomic E-state index is 0.0339. The molecule has 1 amide bonds. The number of thiophene rings is 1. The number of aromatic nitrogens is 1. The standard InChI is InChI=1S/C17H21N3O4S2/c21-16-7-12(10-20(16)14-3-1-2-4-14)9-19-26(22,23)17-8-13(11-25-17)15-5-6-18-24-15/h5-6,8,11-12,14,19H,1-4,7,9-10H2/t12-/m1/s1. The molecule has 1 aliphatic carbocycles. The Bertz CT molecular complexity index is 870. The summed E-state index contributed by atoms with van der Waals surface area (Å²) in [6.07, 6.45) is 6.45. The van der Waals surface area contributed by atoms with Crippen LogP contribution in [-0.4, -0.2) is 43.5 Å². The molecule has 2 fully saturated rings. The molecule has 0 spiro atoms. The van der Waals surface area contributed by atoms with E-state index in [2.05, 4.69) is 9.88 Å².